The minimum absolute atomic E-state index is 0.0585. The van der Waals surface area contributed by atoms with E-state index in [1.54, 1.807) is 28.6 Å². The van der Waals surface area contributed by atoms with Crippen LogP contribution in [0.1, 0.15) is 12.0 Å². The molecule has 7 nitrogen and oxygen atoms in total. The van der Waals surface area contributed by atoms with Gasteiger partial charge in [-0.15, -0.1) is 11.3 Å². The fraction of sp³-hybridized carbons (Fsp3) is 0.238. The summed E-state index contributed by atoms with van der Waals surface area (Å²) in [4.78, 5) is 21.2. The summed E-state index contributed by atoms with van der Waals surface area (Å²) in [6.07, 6.45) is 3.25. The zero-order valence-electron chi connectivity index (χ0n) is 16.1. The lowest BCUT2D eigenvalue weighted by molar-refractivity contribution is -0.118. The van der Waals surface area contributed by atoms with Crippen LogP contribution in [-0.2, 0) is 21.2 Å². The Balaban J connectivity index is 1.33. The van der Waals surface area contributed by atoms with E-state index in [2.05, 4.69) is 26.7 Å². The first kappa shape index (κ1) is 19.1. The normalized spacial score (nSPS) is 18.7. The van der Waals surface area contributed by atoms with E-state index >= 15 is 0 Å². The number of sulfonamides is 1. The molecule has 1 amide bonds. The third-order valence-corrected chi connectivity index (χ3v) is 7.76. The van der Waals surface area contributed by atoms with Crippen molar-refractivity contribution in [3.8, 4) is 0 Å². The largest absolute Gasteiger partial charge is 0.359 e. The first-order chi connectivity index (χ1) is 14.5. The SMILES string of the molecule is O=C1[C@H](N2CCc3ccccc32)CCN1c1ccc(S(=O)(=O)Nc2nccs2)cc1. The summed E-state index contributed by atoms with van der Waals surface area (Å²) >= 11 is 1.22. The minimum Gasteiger partial charge on any atom is -0.359 e. The Morgan fingerprint density at radius 3 is 2.63 bits per heavy atom. The number of rotatable bonds is 5. The van der Waals surface area contributed by atoms with Crippen molar-refractivity contribution < 1.29 is 13.2 Å². The first-order valence-electron chi connectivity index (χ1n) is 9.71. The average Bonchev–Trinajstić information content (AvgIpc) is 3.48. The van der Waals surface area contributed by atoms with Gasteiger partial charge < -0.3 is 9.80 Å². The van der Waals surface area contributed by atoms with Crippen LogP contribution < -0.4 is 14.5 Å². The minimum atomic E-state index is -3.71. The number of benzene rings is 2. The van der Waals surface area contributed by atoms with E-state index in [9.17, 15) is 13.2 Å². The second kappa shape index (κ2) is 7.41. The molecule has 0 radical (unpaired) electrons. The number of nitrogens with one attached hydrogen (secondary N) is 1. The third-order valence-electron chi connectivity index (χ3n) is 5.59. The van der Waals surface area contributed by atoms with Crippen LogP contribution >= 0.6 is 11.3 Å². The highest BCUT2D eigenvalue weighted by Gasteiger charge is 2.39. The fourth-order valence-electron chi connectivity index (χ4n) is 4.15. The zero-order chi connectivity index (χ0) is 20.7. The van der Waals surface area contributed by atoms with Gasteiger partial charge in [-0.25, -0.2) is 13.4 Å². The van der Waals surface area contributed by atoms with Gasteiger partial charge >= 0.3 is 0 Å². The van der Waals surface area contributed by atoms with E-state index in [0.717, 1.165) is 25.1 Å². The Morgan fingerprint density at radius 2 is 1.87 bits per heavy atom. The number of thiazole rings is 1. The summed E-state index contributed by atoms with van der Waals surface area (Å²) in [5.41, 5.74) is 3.14. The number of anilines is 3. The topological polar surface area (TPSA) is 82.6 Å². The number of carbonyl (C=O) groups is 1. The smallest absolute Gasteiger partial charge is 0.263 e. The van der Waals surface area contributed by atoms with Crippen LogP contribution in [0.5, 0.6) is 0 Å². The van der Waals surface area contributed by atoms with Gasteiger partial charge in [0.05, 0.1) is 4.90 Å². The van der Waals surface area contributed by atoms with Crippen LogP contribution in [0.2, 0.25) is 0 Å². The molecule has 1 fully saturated rings. The molecule has 1 aromatic heterocycles. The summed E-state index contributed by atoms with van der Waals surface area (Å²) in [6.45, 7) is 1.47. The molecule has 30 heavy (non-hydrogen) atoms. The molecular formula is C21H20N4O3S2. The summed E-state index contributed by atoms with van der Waals surface area (Å²) in [5.74, 6) is 0.0585. The second-order valence-corrected chi connectivity index (χ2v) is 9.88. The van der Waals surface area contributed by atoms with Crippen LogP contribution in [-0.4, -0.2) is 38.4 Å². The second-order valence-electron chi connectivity index (χ2n) is 7.30. The van der Waals surface area contributed by atoms with Crippen molar-refractivity contribution in [2.75, 3.05) is 27.6 Å². The number of amides is 1. The molecule has 2 aromatic carbocycles. The van der Waals surface area contributed by atoms with Crippen molar-refractivity contribution in [2.45, 2.75) is 23.8 Å². The van der Waals surface area contributed by atoms with Crippen molar-refractivity contribution in [3.63, 3.8) is 0 Å². The number of hydrogen-bond donors (Lipinski definition) is 1. The Labute approximate surface area is 179 Å². The number of aromatic nitrogens is 1. The van der Waals surface area contributed by atoms with Gasteiger partial charge in [0.1, 0.15) is 6.04 Å². The molecule has 0 unspecified atom stereocenters. The first-order valence-corrected chi connectivity index (χ1v) is 12.1. The molecule has 0 spiro atoms. The molecule has 0 aliphatic carbocycles. The maximum Gasteiger partial charge on any atom is 0.263 e. The lowest BCUT2D eigenvalue weighted by atomic mass is 10.1. The fourth-order valence-corrected chi connectivity index (χ4v) is 5.94. The van der Waals surface area contributed by atoms with Gasteiger partial charge in [-0.1, -0.05) is 18.2 Å². The Bertz CT molecular complexity index is 1180. The van der Waals surface area contributed by atoms with Gasteiger partial charge in [0.2, 0.25) is 5.91 Å². The van der Waals surface area contributed by atoms with Gasteiger partial charge in [-0.05, 0) is 48.7 Å². The molecular weight excluding hydrogens is 420 g/mol. The summed E-state index contributed by atoms with van der Waals surface area (Å²) in [5, 5.41) is 2.03. The molecule has 3 heterocycles. The van der Waals surface area contributed by atoms with E-state index < -0.39 is 10.0 Å². The van der Waals surface area contributed by atoms with Gasteiger partial charge in [-0.3, -0.25) is 9.52 Å². The maximum atomic E-state index is 13.1. The molecule has 2 aliphatic rings. The molecule has 5 rings (SSSR count). The molecule has 1 atom stereocenters. The molecule has 3 aromatic rings. The quantitative estimate of drug-likeness (QED) is 0.659. The standard InChI is InChI=1S/C21H20N4O3S2/c26-20-19(25-12-9-15-3-1-2-4-18(15)25)10-13-24(20)16-5-7-17(8-6-16)30(27,28)23-21-22-11-14-29-21/h1-8,11,14,19H,9-10,12-13H2,(H,22,23)/t19-/m1/s1. The number of nitrogens with zero attached hydrogens (tertiary/aromatic N) is 3. The van der Waals surface area contributed by atoms with Gasteiger partial charge in [-0.2, -0.15) is 0 Å². The van der Waals surface area contributed by atoms with Crippen molar-refractivity contribution in [2.24, 2.45) is 0 Å². The number of fused-ring (bicyclic) bond motifs is 1. The molecule has 154 valence electrons. The van der Waals surface area contributed by atoms with Crippen molar-refractivity contribution in [1.29, 1.82) is 0 Å². The molecule has 2 aliphatic heterocycles. The van der Waals surface area contributed by atoms with E-state index in [-0.39, 0.29) is 16.8 Å². The van der Waals surface area contributed by atoms with Crippen LogP contribution in [0.3, 0.4) is 0 Å². The number of hydrogen-bond acceptors (Lipinski definition) is 6. The maximum absolute atomic E-state index is 13.1. The van der Waals surface area contributed by atoms with Crippen LogP contribution in [0, 0.1) is 0 Å². The number of carbonyl (C=O) groups excluding carboxylic acids is 1. The van der Waals surface area contributed by atoms with Gasteiger partial charge in [0.25, 0.3) is 10.0 Å². The van der Waals surface area contributed by atoms with Crippen LogP contribution in [0.25, 0.3) is 0 Å². The van der Waals surface area contributed by atoms with E-state index in [0.29, 0.717) is 17.4 Å². The highest BCUT2D eigenvalue weighted by molar-refractivity contribution is 7.93. The highest BCUT2D eigenvalue weighted by atomic mass is 32.2. The van der Waals surface area contributed by atoms with Gasteiger partial charge in [0, 0.05) is 36.0 Å². The van der Waals surface area contributed by atoms with Crippen molar-refractivity contribution in [3.05, 3.63) is 65.7 Å². The van der Waals surface area contributed by atoms with Gasteiger partial charge in [0.15, 0.2) is 5.13 Å². The van der Waals surface area contributed by atoms with Crippen molar-refractivity contribution in [1.82, 2.24) is 4.98 Å². The summed E-state index contributed by atoms with van der Waals surface area (Å²) in [7, 11) is -3.71. The van der Waals surface area contributed by atoms with E-state index in [4.69, 9.17) is 0 Å². The predicted molar refractivity (Wildman–Crippen MR) is 118 cm³/mol. The van der Waals surface area contributed by atoms with E-state index in [1.807, 2.05) is 12.1 Å². The summed E-state index contributed by atoms with van der Waals surface area (Å²) < 4.78 is 27.5. The molecule has 0 saturated carbocycles. The molecule has 0 bridgehead atoms. The predicted octanol–water partition coefficient (Wildman–Crippen LogP) is 3.11. The average molecular weight is 441 g/mol. The third kappa shape index (κ3) is 3.33. The van der Waals surface area contributed by atoms with Crippen LogP contribution in [0.15, 0.2) is 65.0 Å². The summed E-state index contributed by atoms with van der Waals surface area (Å²) in [6, 6.07) is 14.5. The van der Waals surface area contributed by atoms with Crippen molar-refractivity contribution >= 4 is 43.8 Å². The van der Waals surface area contributed by atoms with Crippen LogP contribution in [0.4, 0.5) is 16.5 Å². The lowest BCUT2D eigenvalue weighted by Crippen LogP contribution is -2.41. The Hall–Kier alpha value is -2.91. The zero-order valence-corrected chi connectivity index (χ0v) is 17.7. The monoisotopic (exact) mass is 440 g/mol. The lowest BCUT2D eigenvalue weighted by Gasteiger charge is -2.26. The Kier molecular flexibility index (Phi) is 4.71. The number of para-hydroxylation sites is 1. The highest BCUT2D eigenvalue weighted by Crippen LogP contribution is 2.34. The molecule has 9 heteroatoms. The molecule has 1 N–H and O–H groups in total. The Morgan fingerprint density at radius 1 is 1.07 bits per heavy atom. The molecule has 1 saturated heterocycles. The van der Waals surface area contributed by atoms with E-state index in [1.165, 1.54) is 29.0 Å².